The largest absolute Gasteiger partial charge is 0.394 e. The number of rotatable bonds is 3. The van der Waals surface area contributed by atoms with Gasteiger partial charge in [-0.15, -0.1) is 0 Å². The Balaban J connectivity index is 2.19. The van der Waals surface area contributed by atoms with Crippen LogP contribution in [0.1, 0.15) is 19.1 Å². The molecule has 0 bridgehead atoms. The summed E-state index contributed by atoms with van der Waals surface area (Å²) >= 11 is 0. The maximum atomic E-state index is 11.5. The fraction of sp³-hybridized carbons (Fsp3) is 0.556. The van der Waals surface area contributed by atoms with E-state index >= 15 is 0 Å². The maximum absolute atomic E-state index is 11.5. The Morgan fingerprint density at radius 3 is 3.00 bits per heavy atom. The zero-order valence-electron chi connectivity index (χ0n) is 8.54. The van der Waals surface area contributed by atoms with Crippen molar-refractivity contribution in [2.75, 3.05) is 12.1 Å². The smallest absolute Gasteiger partial charge is 0.351 e. The molecule has 0 spiro atoms. The van der Waals surface area contributed by atoms with Crippen LogP contribution in [0.15, 0.2) is 17.1 Å². The molecule has 1 aliphatic rings. The molecule has 0 aliphatic carbocycles. The zero-order chi connectivity index (χ0) is 11.5. The van der Waals surface area contributed by atoms with Crippen LogP contribution < -0.4 is 11.2 Å². The van der Waals surface area contributed by atoms with Crippen molar-refractivity contribution in [1.29, 1.82) is 0 Å². The van der Waals surface area contributed by atoms with Gasteiger partial charge in [-0.1, -0.05) is 0 Å². The lowest BCUT2D eigenvalue weighted by atomic mass is 10.2. The van der Waals surface area contributed by atoms with Gasteiger partial charge in [0.25, 0.3) is 0 Å². The van der Waals surface area contributed by atoms with E-state index in [9.17, 15) is 4.79 Å². The third kappa shape index (κ3) is 2.06. The van der Waals surface area contributed by atoms with Crippen molar-refractivity contribution >= 4 is 5.82 Å². The number of aromatic nitrogens is 2. The van der Waals surface area contributed by atoms with E-state index in [0.717, 1.165) is 0 Å². The predicted octanol–water partition coefficient (Wildman–Crippen LogP) is -0.286. The van der Waals surface area contributed by atoms with E-state index in [0.29, 0.717) is 12.8 Å². The van der Waals surface area contributed by atoms with Gasteiger partial charge in [-0.25, -0.2) is 4.79 Å². The second-order valence-corrected chi connectivity index (χ2v) is 3.59. The Labute approximate surface area is 91.3 Å². The molecule has 0 radical (unpaired) electrons. The van der Waals surface area contributed by atoms with Gasteiger partial charge in [-0.05, 0) is 18.9 Å². The summed E-state index contributed by atoms with van der Waals surface area (Å²) < 4.78 is 6.78. The summed E-state index contributed by atoms with van der Waals surface area (Å²) in [6.07, 6.45) is 2.28. The molecule has 1 aliphatic heterocycles. The molecule has 7 heteroatoms. The van der Waals surface area contributed by atoms with Crippen LogP contribution in [0.3, 0.4) is 0 Å². The van der Waals surface area contributed by atoms with Gasteiger partial charge < -0.3 is 9.84 Å². The van der Waals surface area contributed by atoms with Gasteiger partial charge in [-0.3, -0.25) is 15.3 Å². The highest BCUT2D eigenvalue weighted by Crippen LogP contribution is 2.26. The molecule has 7 nitrogen and oxygen atoms in total. The van der Waals surface area contributed by atoms with Crippen LogP contribution in [0, 0.1) is 0 Å². The molecule has 2 rings (SSSR count). The first-order valence-corrected chi connectivity index (χ1v) is 5.00. The maximum Gasteiger partial charge on any atom is 0.351 e. The average molecular weight is 227 g/mol. The molecular weight excluding hydrogens is 214 g/mol. The number of hydrogen-bond donors (Lipinski definition) is 3. The predicted molar refractivity (Wildman–Crippen MR) is 54.1 cm³/mol. The minimum Gasteiger partial charge on any atom is -0.394 e. The highest BCUT2D eigenvalue weighted by molar-refractivity contribution is 5.27. The van der Waals surface area contributed by atoms with E-state index in [-0.39, 0.29) is 24.8 Å². The summed E-state index contributed by atoms with van der Waals surface area (Å²) in [7, 11) is 0. The third-order valence-corrected chi connectivity index (χ3v) is 2.54. The molecule has 3 N–H and O–H groups in total. The van der Waals surface area contributed by atoms with Gasteiger partial charge >= 0.3 is 5.69 Å². The van der Waals surface area contributed by atoms with Crippen LogP contribution in [0.4, 0.5) is 5.82 Å². The Morgan fingerprint density at radius 1 is 1.62 bits per heavy atom. The molecule has 0 saturated carbocycles. The van der Waals surface area contributed by atoms with Crippen molar-refractivity contribution in [3.63, 3.8) is 0 Å². The Bertz CT molecular complexity index is 419. The van der Waals surface area contributed by atoms with Crippen molar-refractivity contribution in [3.05, 3.63) is 22.7 Å². The Morgan fingerprint density at radius 2 is 2.44 bits per heavy atom. The molecular formula is C9H13N3O4. The van der Waals surface area contributed by atoms with E-state index in [2.05, 4.69) is 4.98 Å². The summed E-state index contributed by atoms with van der Waals surface area (Å²) in [5.41, 5.74) is 1.30. The van der Waals surface area contributed by atoms with E-state index in [1.165, 1.54) is 16.8 Å². The summed E-state index contributed by atoms with van der Waals surface area (Å²) in [4.78, 5) is 15.1. The molecule has 88 valence electrons. The molecule has 2 unspecified atom stereocenters. The SMILES string of the molecule is O=c1nc(NO)ccn1C1CCC(CO)O1. The number of nitrogens with one attached hydrogen (secondary N) is 1. The van der Waals surface area contributed by atoms with E-state index in [4.69, 9.17) is 15.1 Å². The van der Waals surface area contributed by atoms with Crippen molar-refractivity contribution < 1.29 is 15.1 Å². The first kappa shape index (κ1) is 11.1. The van der Waals surface area contributed by atoms with Gasteiger partial charge in [0.2, 0.25) is 0 Å². The van der Waals surface area contributed by atoms with Crippen molar-refractivity contribution in [2.45, 2.75) is 25.2 Å². The number of anilines is 1. The lowest BCUT2D eigenvalue weighted by molar-refractivity contribution is -0.0245. The highest BCUT2D eigenvalue weighted by Gasteiger charge is 2.26. The quantitative estimate of drug-likeness (QED) is 0.614. The van der Waals surface area contributed by atoms with Gasteiger partial charge in [0, 0.05) is 6.20 Å². The molecule has 0 aromatic carbocycles. The minimum absolute atomic E-state index is 0.0467. The van der Waals surface area contributed by atoms with Gasteiger partial charge in [-0.2, -0.15) is 4.98 Å². The molecule has 2 heterocycles. The lowest BCUT2D eigenvalue weighted by Gasteiger charge is -2.14. The van der Waals surface area contributed by atoms with Crippen LogP contribution in [-0.4, -0.2) is 32.6 Å². The second-order valence-electron chi connectivity index (χ2n) is 3.59. The zero-order valence-corrected chi connectivity index (χ0v) is 8.54. The number of aliphatic hydroxyl groups is 1. The molecule has 0 amide bonds. The van der Waals surface area contributed by atoms with Crippen LogP contribution in [0.2, 0.25) is 0 Å². The van der Waals surface area contributed by atoms with Gasteiger partial charge in [0.1, 0.15) is 6.23 Å². The lowest BCUT2D eigenvalue weighted by Crippen LogP contribution is -2.27. The second kappa shape index (κ2) is 4.60. The van der Waals surface area contributed by atoms with Crippen molar-refractivity contribution in [1.82, 2.24) is 9.55 Å². The molecule has 2 atom stereocenters. The van der Waals surface area contributed by atoms with Crippen LogP contribution in [0.5, 0.6) is 0 Å². The van der Waals surface area contributed by atoms with E-state index in [1.54, 1.807) is 5.48 Å². The van der Waals surface area contributed by atoms with Crippen LogP contribution >= 0.6 is 0 Å². The summed E-state index contributed by atoms with van der Waals surface area (Å²) in [6.45, 7) is -0.0467. The van der Waals surface area contributed by atoms with Crippen LogP contribution in [0.25, 0.3) is 0 Å². The van der Waals surface area contributed by atoms with Crippen molar-refractivity contribution in [3.8, 4) is 0 Å². The fourth-order valence-electron chi connectivity index (χ4n) is 1.72. The first-order chi connectivity index (χ1) is 7.74. The van der Waals surface area contributed by atoms with E-state index < -0.39 is 5.69 Å². The van der Waals surface area contributed by atoms with Crippen molar-refractivity contribution in [2.24, 2.45) is 0 Å². The third-order valence-electron chi connectivity index (χ3n) is 2.54. The van der Waals surface area contributed by atoms with E-state index in [1.807, 2.05) is 0 Å². The monoisotopic (exact) mass is 227 g/mol. The number of hydrogen-bond acceptors (Lipinski definition) is 6. The summed E-state index contributed by atoms with van der Waals surface area (Å²) in [5, 5.41) is 17.5. The molecule has 1 fully saturated rings. The molecule has 1 saturated heterocycles. The average Bonchev–Trinajstić information content (AvgIpc) is 2.77. The number of nitrogens with zero attached hydrogens (tertiary/aromatic N) is 2. The normalized spacial score (nSPS) is 24.6. The Hall–Kier alpha value is -1.44. The van der Waals surface area contributed by atoms with Crippen LogP contribution in [-0.2, 0) is 4.74 Å². The molecule has 1 aromatic rings. The van der Waals surface area contributed by atoms with Gasteiger partial charge in [0.05, 0.1) is 12.7 Å². The van der Waals surface area contributed by atoms with Gasteiger partial charge in [0.15, 0.2) is 5.82 Å². The fourth-order valence-corrected chi connectivity index (χ4v) is 1.72. The topological polar surface area (TPSA) is 96.6 Å². The minimum atomic E-state index is -0.498. The first-order valence-electron chi connectivity index (χ1n) is 5.00. The summed E-state index contributed by atoms with van der Waals surface area (Å²) in [5.74, 6) is 0.0953. The Kier molecular flexibility index (Phi) is 3.18. The molecule has 1 aromatic heterocycles. The number of aliphatic hydroxyl groups excluding tert-OH is 1. The number of ether oxygens (including phenoxy) is 1. The highest BCUT2D eigenvalue weighted by atomic mass is 16.5. The standard InChI is InChI=1S/C9H13N3O4/c13-5-6-1-2-8(16-6)12-4-3-7(11-15)10-9(12)14/h3-4,6,8,13,15H,1-2,5H2,(H,10,11,14). The summed E-state index contributed by atoms with van der Waals surface area (Å²) in [6, 6.07) is 1.47. The molecule has 16 heavy (non-hydrogen) atoms.